The molecule has 8 aromatic rings. The fraction of sp³-hybridized carbons (Fsp3) is 0.0408. The molecule has 1 aromatic heterocycles. The van der Waals surface area contributed by atoms with E-state index in [2.05, 4.69) is 139 Å². The van der Waals surface area contributed by atoms with Crippen LogP contribution >= 0.6 is 0 Å². The van der Waals surface area contributed by atoms with Gasteiger partial charge in [0.1, 0.15) is 23.2 Å². The topological polar surface area (TPSA) is 58.9 Å². The monoisotopic (exact) mass is 692 g/mol. The smallest absolute Gasteiger partial charge is 0.169 e. The van der Waals surface area contributed by atoms with E-state index in [4.69, 9.17) is 19.7 Å². The van der Waals surface area contributed by atoms with Crippen molar-refractivity contribution in [2.45, 2.75) is 11.6 Å². The van der Waals surface area contributed by atoms with Gasteiger partial charge in [-0.2, -0.15) is 0 Å². The van der Waals surface area contributed by atoms with Gasteiger partial charge in [-0.05, 0) is 63.7 Å². The molecule has 0 bridgehead atoms. The van der Waals surface area contributed by atoms with Gasteiger partial charge >= 0.3 is 0 Å². The maximum atomic E-state index is 6.61. The zero-order valence-electron chi connectivity index (χ0n) is 29.1. The molecule has 2 aliphatic heterocycles. The molecule has 0 amide bonds. The quantitative estimate of drug-likeness (QED) is 0.200. The van der Waals surface area contributed by atoms with E-state index in [0.717, 1.165) is 78.6 Å². The molecule has 1 aliphatic carbocycles. The van der Waals surface area contributed by atoms with E-state index in [-0.39, 0.29) is 6.17 Å². The summed E-state index contributed by atoms with van der Waals surface area (Å²) in [4.78, 5) is 15.2. The van der Waals surface area contributed by atoms with E-state index in [1.165, 1.54) is 16.7 Å². The maximum absolute atomic E-state index is 6.61. The standard InChI is InChI=1S/C49H32N4O/c1-3-13-32(14-4-1)46-51-47(33-15-5-2-6-16-33)53-48(52-46)35-25-27-40-38(30-35)37-29-34(36-19-11-17-31-18-12-28-50-45(31)36)24-26-39(37)49(40)41-20-7-9-22-43(41)54-44-23-10-8-21-42(44)49/h1-30,46H,(H,51,52,53). The van der Waals surface area contributed by atoms with E-state index in [1.807, 2.05) is 48.7 Å². The molecule has 7 aromatic carbocycles. The summed E-state index contributed by atoms with van der Waals surface area (Å²) in [5, 5.41) is 4.75. The van der Waals surface area contributed by atoms with Crippen LogP contribution in [0.1, 0.15) is 45.1 Å². The number of aliphatic imine (C=N–C) groups is 2. The molecule has 1 atom stereocenters. The van der Waals surface area contributed by atoms with Gasteiger partial charge in [0.25, 0.3) is 0 Å². The van der Waals surface area contributed by atoms with Crippen molar-refractivity contribution in [1.82, 2.24) is 10.3 Å². The molecule has 3 aliphatic rings. The lowest BCUT2D eigenvalue weighted by molar-refractivity contribution is 0.436. The summed E-state index contributed by atoms with van der Waals surface area (Å²) in [5.41, 5.74) is 12.7. The Labute approximate surface area is 313 Å². The fourth-order valence-electron chi connectivity index (χ4n) is 8.67. The second-order valence-electron chi connectivity index (χ2n) is 14.0. The number of benzene rings is 7. The Hall–Kier alpha value is -7.11. The fourth-order valence-corrected chi connectivity index (χ4v) is 8.67. The second kappa shape index (κ2) is 12.0. The van der Waals surface area contributed by atoms with Crippen molar-refractivity contribution in [3.63, 3.8) is 0 Å². The van der Waals surface area contributed by atoms with E-state index in [9.17, 15) is 0 Å². The summed E-state index contributed by atoms with van der Waals surface area (Å²) in [6.07, 6.45) is 1.49. The van der Waals surface area contributed by atoms with Crippen molar-refractivity contribution in [2.24, 2.45) is 9.98 Å². The van der Waals surface area contributed by atoms with E-state index >= 15 is 0 Å². The Kier molecular flexibility index (Phi) is 6.76. The van der Waals surface area contributed by atoms with Crippen molar-refractivity contribution in [1.29, 1.82) is 0 Å². The summed E-state index contributed by atoms with van der Waals surface area (Å²) < 4.78 is 6.61. The molecule has 54 heavy (non-hydrogen) atoms. The summed E-state index contributed by atoms with van der Waals surface area (Å²) in [6, 6.07) is 61.9. The molecule has 1 unspecified atom stereocenters. The summed E-state index contributed by atoms with van der Waals surface area (Å²) in [5.74, 6) is 3.32. The zero-order valence-corrected chi connectivity index (χ0v) is 29.1. The van der Waals surface area contributed by atoms with E-state index in [1.54, 1.807) is 0 Å². The van der Waals surface area contributed by atoms with Crippen LogP contribution in [0.3, 0.4) is 0 Å². The molecule has 3 heterocycles. The summed E-state index contributed by atoms with van der Waals surface area (Å²) in [6.45, 7) is 0. The number of ether oxygens (including phenoxy) is 1. The Morgan fingerprint density at radius 3 is 1.78 bits per heavy atom. The van der Waals surface area contributed by atoms with Gasteiger partial charge in [0, 0.05) is 39.4 Å². The third-order valence-corrected chi connectivity index (χ3v) is 11.0. The summed E-state index contributed by atoms with van der Waals surface area (Å²) >= 11 is 0. The average molecular weight is 693 g/mol. The lowest BCUT2D eigenvalue weighted by Gasteiger charge is -2.39. The molecule has 0 saturated heterocycles. The first-order valence-electron chi connectivity index (χ1n) is 18.3. The van der Waals surface area contributed by atoms with Crippen molar-refractivity contribution < 1.29 is 4.74 Å². The Balaban J connectivity index is 1.16. The molecule has 0 radical (unpaired) electrons. The van der Waals surface area contributed by atoms with E-state index in [0.29, 0.717) is 0 Å². The van der Waals surface area contributed by atoms with Crippen molar-refractivity contribution in [3.05, 3.63) is 221 Å². The number of pyridine rings is 1. The second-order valence-corrected chi connectivity index (χ2v) is 14.0. The predicted molar refractivity (Wildman–Crippen MR) is 216 cm³/mol. The van der Waals surface area contributed by atoms with Crippen LogP contribution in [0.5, 0.6) is 11.5 Å². The van der Waals surface area contributed by atoms with Crippen molar-refractivity contribution >= 4 is 22.6 Å². The highest BCUT2D eigenvalue weighted by Gasteiger charge is 2.51. The third kappa shape index (κ3) is 4.55. The number of fused-ring (bicyclic) bond motifs is 10. The van der Waals surface area contributed by atoms with Gasteiger partial charge in [0.15, 0.2) is 6.17 Å². The van der Waals surface area contributed by atoms with Crippen molar-refractivity contribution in [2.75, 3.05) is 0 Å². The average Bonchev–Trinajstić information content (AvgIpc) is 3.53. The lowest BCUT2D eigenvalue weighted by Crippen LogP contribution is -2.36. The molecule has 0 saturated carbocycles. The van der Waals surface area contributed by atoms with Crippen molar-refractivity contribution in [3.8, 4) is 33.8 Å². The van der Waals surface area contributed by atoms with Gasteiger partial charge in [-0.25, -0.2) is 9.98 Å². The molecular formula is C49H32N4O. The van der Waals surface area contributed by atoms with Crippen LogP contribution in [-0.4, -0.2) is 16.7 Å². The van der Waals surface area contributed by atoms with Gasteiger partial charge in [0.2, 0.25) is 0 Å². The van der Waals surface area contributed by atoms with Gasteiger partial charge < -0.3 is 10.1 Å². The molecule has 5 heteroatoms. The Bertz CT molecular complexity index is 2790. The van der Waals surface area contributed by atoms with Crippen LogP contribution in [0.2, 0.25) is 0 Å². The minimum atomic E-state index is -0.588. The normalized spacial score (nSPS) is 15.9. The molecule has 1 spiro atoms. The molecule has 1 N–H and O–H groups in total. The molecule has 5 nitrogen and oxygen atoms in total. The van der Waals surface area contributed by atoms with Crippen LogP contribution in [0.15, 0.2) is 192 Å². The highest BCUT2D eigenvalue weighted by molar-refractivity contribution is 6.16. The van der Waals surface area contributed by atoms with E-state index < -0.39 is 5.41 Å². The third-order valence-electron chi connectivity index (χ3n) is 11.0. The first-order valence-corrected chi connectivity index (χ1v) is 18.3. The lowest BCUT2D eigenvalue weighted by atomic mass is 9.66. The maximum Gasteiger partial charge on any atom is 0.169 e. The molecular weight excluding hydrogens is 661 g/mol. The largest absolute Gasteiger partial charge is 0.457 e. The number of hydrogen-bond donors (Lipinski definition) is 1. The predicted octanol–water partition coefficient (Wildman–Crippen LogP) is 10.9. The van der Waals surface area contributed by atoms with Gasteiger partial charge in [-0.1, -0.05) is 146 Å². The highest BCUT2D eigenvalue weighted by Crippen LogP contribution is 2.62. The van der Waals surface area contributed by atoms with Gasteiger partial charge in [-0.15, -0.1) is 0 Å². The van der Waals surface area contributed by atoms with Crippen LogP contribution in [-0.2, 0) is 5.41 Å². The minimum Gasteiger partial charge on any atom is -0.457 e. The highest BCUT2D eigenvalue weighted by atomic mass is 16.5. The van der Waals surface area contributed by atoms with Crippen LogP contribution < -0.4 is 10.1 Å². The number of hydrogen-bond acceptors (Lipinski definition) is 5. The first kappa shape index (κ1) is 30.5. The van der Waals surface area contributed by atoms with Crippen LogP contribution in [0, 0.1) is 0 Å². The molecule has 254 valence electrons. The van der Waals surface area contributed by atoms with Crippen LogP contribution in [0.25, 0.3) is 33.2 Å². The molecule has 0 fully saturated rings. The number of nitrogens with one attached hydrogen (secondary N) is 1. The van der Waals surface area contributed by atoms with Crippen LogP contribution in [0.4, 0.5) is 0 Å². The minimum absolute atomic E-state index is 0.385. The molecule has 11 rings (SSSR count). The number of aromatic nitrogens is 1. The first-order chi connectivity index (χ1) is 26.8. The zero-order chi connectivity index (χ0) is 35.6. The number of nitrogens with zero attached hydrogens (tertiary/aromatic N) is 3. The summed E-state index contributed by atoms with van der Waals surface area (Å²) in [7, 11) is 0. The Morgan fingerprint density at radius 2 is 1.06 bits per heavy atom. The van der Waals surface area contributed by atoms with Gasteiger partial charge in [0.05, 0.1) is 10.9 Å². The Morgan fingerprint density at radius 1 is 0.463 bits per heavy atom. The SMILES string of the molecule is c1ccc(C2=NC(c3ccccc3)N=C(c3ccc4c(c3)-c3cc(-c5cccc6cccnc56)ccc3C43c4ccccc4Oc4ccccc43)N2)cc1. The van der Waals surface area contributed by atoms with Gasteiger partial charge in [-0.3, -0.25) is 4.98 Å². The number of rotatable bonds is 4. The number of para-hydroxylation sites is 3. The number of amidine groups is 2.